The number of carbonyl (C=O) groups is 1. The smallest absolute Gasteiger partial charge is 0.339 e. The number of esters is 1. The molecule has 4 rings (SSSR count). The Hall–Kier alpha value is -4.10. The number of fused-ring (bicyclic) bond motifs is 1. The number of rotatable bonds is 12. The summed E-state index contributed by atoms with van der Waals surface area (Å²) >= 11 is 0. The van der Waals surface area contributed by atoms with Gasteiger partial charge in [-0.3, -0.25) is 14.5 Å². The molecule has 0 aliphatic heterocycles. The van der Waals surface area contributed by atoms with E-state index in [1.165, 1.54) is 35.3 Å². The van der Waals surface area contributed by atoms with Crippen molar-refractivity contribution >= 4 is 27.0 Å². The number of aryl methyl sites for hydroxylation is 2. The van der Waals surface area contributed by atoms with Crippen molar-refractivity contribution in [2.75, 3.05) is 13.2 Å². The molecule has 4 aromatic rings. The van der Waals surface area contributed by atoms with E-state index < -0.39 is 27.6 Å². The molecule has 0 bridgehead atoms. The number of pyridine rings is 1. The van der Waals surface area contributed by atoms with Crippen LogP contribution in [-0.2, 0) is 28.2 Å². The first-order valence-corrected chi connectivity index (χ1v) is 14.5. The summed E-state index contributed by atoms with van der Waals surface area (Å²) in [5.74, 6) is -0.0609. The second kappa shape index (κ2) is 12.4. The summed E-state index contributed by atoms with van der Waals surface area (Å²) in [5, 5.41) is 4.44. The zero-order chi connectivity index (χ0) is 28.9. The van der Waals surface area contributed by atoms with Gasteiger partial charge in [-0.25, -0.2) is 22.9 Å². The zero-order valence-corrected chi connectivity index (χ0v) is 23.6. The summed E-state index contributed by atoms with van der Waals surface area (Å²) in [5.41, 5.74) is 1.66. The second-order valence-corrected chi connectivity index (χ2v) is 11.0. The van der Waals surface area contributed by atoms with Gasteiger partial charge in [0.15, 0.2) is 5.52 Å². The molecule has 0 saturated heterocycles. The maximum atomic E-state index is 13.3. The van der Waals surface area contributed by atoms with Gasteiger partial charge in [-0.1, -0.05) is 20.3 Å². The van der Waals surface area contributed by atoms with Gasteiger partial charge in [0.05, 0.1) is 34.4 Å². The highest BCUT2D eigenvalue weighted by molar-refractivity contribution is 7.89. The molecule has 1 unspecified atom stereocenters. The Balaban J connectivity index is 1.65. The van der Waals surface area contributed by atoms with Crippen molar-refractivity contribution in [1.29, 1.82) is 0 Å². The predicted octanol–water partition coefficient (Wildman–Crippen LogP) is 2.98. The number of sulfonamides is 1. The molecule has 2 N–H and O–H groups in total. The van der Waals surface area contributed by atoms with Crippen LogP contribution in [0.3, 0.4) is 0 Å². The molecule has 0 aliphatic rings. The molecule has 40 heavy (non-hydrogen) atoms. The van der Waals surface area contributed by atoms with Gasteiger partial charge in [-0.2, -0.15) is 5.10 Å². The monoisotopic (exact) mass is 568 g/mol. The van der Waals surface area contributed by atoms with Gasteiger partial charge in [-0.05, 0) is 50.1 Å². The molecule has 0 aliphatic carbocycles. The highest BCUT2D eigenvalue weighted by Crippen LogP contribution is 2.31. The number of aromatic amines is 1. The van der Waals surface area contributed by atoms with Crippen LogP contribution in [-0.4, -0.2) is 58.4 Å². The van der Waals surface area contributed by atoms with Gasteiger partial charge >= 0.3 is 5.97 Å². The third-order valence-corrected chi connectivity index (χ3v) is 7.53. The van der Waals surface area contributed by atoms with E-state index in [0.29, 0.717) is 41.1 Å². The molecule has 1 atom stereocenters. The van der Waals surface area contributed by atoms with Crippen LogP contribution < -0.4 is 15.0 Å². The second-order valence-electron chi connectivity index (χ2n) is 9.30. The van der Waals surface area contributed by atoms with Crippen LogP contribution >= 0.6 is 0 Å². The number of aromatic nitrogens is 5. The van der Waals surface area contributed by atoms with E-state index in [-0.39, 0.29) is 22.9 Å². The highest BCUT2D eigenvalue weighted by atomic mass is 32.2. The maximum absolute atomic E-state index is 13.3. The first kappa shape index (κ1) is 28.9. The summed E-state index contributed by atoms with van der Waals surface area (Å²) < 4.78 is 41.7. The van der Waals surface area contributed by atoms with E-state index in [0.717, 1.165) is 12.8 Å². The van der Waals surface area contributed by atoms with Crippen molar-refractivity contribution in [2.24, 2.45) is 7.05 Å². The lowest BCUT2D eigenvalue weighted by molar-refractivity contribution is 0.0480. The van der Waals surface area contributed by atoms with E-state index in [4.69, 9.17) is 9.47 Å². The molecule has 0 fully saturated rings. The van der Waals surface area contributed by atoms with Crippen molar-refractivity contribution in [2.45, 2.75) is 51.0 Å². The number of nitrogens with one attached hydrogen (secondary N) is 2. The van der Waals surface area contributed by atoms with Crippen molar-refractivity contribution in [1.82, 2.24) is 29.5 Å². The Kier molecular flexibility index (Phi) is 8.95. The molecular formula is C27H32N6O6S. The van der Waals surface area contributed by atoms with Gasteiger partial charge in [0, 0.05) is 19.4 Å². The summed E-state index contributed by atoms with van der Waals surface area (Å²) in [7, 11) is -2.37. The third-order valence-electron chi connectivity index (χ3n) is 5.95. The van der Waals surface area contributed by atoms with Gasteiger partial charge in [0.2, 0.25) is 10.0 Å². The SMILES string of the molecule is CCCOc1ccc(S(=O)(=O)NC(C)COC(=O)c2cccnc2)cc1-c1nc2c(CCC)nn(C)c2c(=O)[nH]1. The van der Waals surface area contributed by atoms with E-state index in [2.05, 4.69) is 24.8 Å². The molecular weight excluding hydrogens is 536 g/mol. The number of benzene rings is 1. The third kappa shape index (κ3) is 6.37. The summed E-state index contributed by atoms with van der Waals surface area (Å²) in [6.07, 6.45) is 5.07. The minimum Gasteiger partial charge on any atom is -0.493 e. The molecule has 0 radical (unpaired) electrons. The summed E-state index contributed by atoms with van der Waals surface area (Å²) in [6.45, 7) is 5.73. The zero-order valence-electron chi connectivity index (χ0n) is 22.8. The van der Waals surface area contributed by atoms with Crippen LogP contribution in [0.1, 0.15) is 49.7 Å². The van der Waals surface area contributed by atoms with E-state index in [1.807, 2.05) is 13.8 Å². The van der Waals surface area contributed by atoms with E-state index in [9.17, 15) is 18.0 Å². The molecule has 12 nitrogen and oxygen atoms in total. The van der Waals surface area contributed by atoms with Crippen LogP contribution in [0, 0.1) is 0 Å². The van der Waals surface area contributed by atoms with Crippen molar-refractivity contribution in [3.05, 3.63) is 64.3 Å². The Labute approximate surface area is 231 Å². The van der Waals surface area contributed by atoms with Gasteiger partial charge in [0.25, 0.3) is 5.56 Å². The van der Waals surface area contributed by atoms with Gasteiger partial charge in [-0.15, -0.1) is 0 Å². The Morgan fingerprint density at radius 3 is 2.70 bits per heavy atom. The molecule has 1 aromatic carbocycles. The fraction of sp³-hybridized carbons (Fsp3) is 0.370. The molecule has 3 heterocycles. The van der Waals surface area contributed by atoms with E-state index >= 15 is 0 Å². The summed E-state index contributed by atoms with van der Waals surface area (Å²) in [4.78, 5) is 36.5. The summed E-state index contributed by atoms with van der Waals surface area (Å²) in [6, 6.07) is 6.78. The van der Waals surface area contributed by atoms with Crippen molar-refractivity contribution in [3.8, 4) is 17.1 Å². The van der Waals surface area contributed by atoms with Crippen molar-refractivity contribution in [3.63, 3.8) is 0 Å². The molecule has 0 spiro atoms. The van der Waals surface area contributed by atoms with Gasteiger partial charge < -0.3 is 14.5 Å². The fourth-order valence-electron chi connectivity index (χ4n) is 4.11. The number of hydrogen-bond acceptors (Lipinski definition) is 9. The molecule has 212 valence electrons. The van der Waals surface area contributed by atoms with Crippen LogP contribution in [0.4, 0.5) is 0 Å². The minimum absolute atomic E-state index is 0.0699. The fourth-order valence-corrected chi connectivity index (χ4v) is 5.37. The van der Waals surface area contributed by atoms with Crippen molar-refractivity contribution < 1.29 is 22.7 Å². The lowest BCUT2D eigenvalue weighted by Gasteiger charge is -2.16. The highest BCUT2D eigenvalue weighted by Gasteiger charge is 2.23. The van der Waals surface area contributed by atoms with E-state index in [1.54, 1.807) is 26.1 Å². The maximum Gasteiger partial charge on any atom is 0.339 e. The molecule has 13 heteroatoms. The predicted molar refractivity (Wildman–Crippen MR) is 149 cm³/mol. The quantitative estimate of drug-likeness (QED) is 0.245. The lowest BCUT2D eigenvalue weighted by Crippen LogP contribution is -2.36. The average Bonchev–Trinajstić information content (AvgIpc) is 3.26. The lowest BCUT2D eigenvalue weighted by atomic mass is 10.1. The first-order chi connectivity index (χ1) is 19.1. The molecule has 3 aromatic heterocycles. The van der Waals surface area contributed by atoms with Crippen LogP contribution in [0.25, 0.3) is 22.4 Å². The number of hydrogen-bond donors (Lipinski definition) is 2. The normalized spacial score (nSPS) is 12.4. The van der Waals surface area contributed by atoms with Crippen LogP contribution in [0.15, 0.2) is 52.4 Å². The Morgan fingerprint density at radius 1 is 1.20 bits per heavy atom. The Morgan fingerprint density at radius 2 is 2.00 bits per heavy atom. The Bertz CT molecular complexity index is 1670. The molecule has 0 amide bonds. The number of carbonyl (C=O) groups excluding carboxylic acids is 1. The van der Waals surface area contributed by atoms with Crippen LogP contribution in [0.2, 0.25) is 0 Å². The van der Waals surface area contributed by atoms with Crippen LogP contribution in [0.5, 0.6) is 5.75 Å². The van der Waals surface area contributed by atoms with Gasteiger partial charge in [0.1, 0.15) is 23.7 Å². The first-order valence-electron chi connectivity index (χ1n) is 13.0. The number of nitrogens with zero attached hydrogens (tertiary/aromatic N) is 4. The number of H-pyrrole nitrogens is 1. The molecule has 0 saturated carbocycles. The standard InChI is InChI=1S/C27H32N6O6S/c1-5-8-21-23-24(33(4)31-21)26(34)30-25(29-23)20-14-19(10-11-22(20)38-13-6-2)40(36,37)32-17(3)16-39-27(35)18-9-7-12-28-15-18/h7,9-12,14-15,17,32H,5-6,8,13,16H2,1-4H3,(H,29,30,34). The number of ether oxygens (including phenoxy) is 2. The average molecular weight is 569 g/mol. The minimum atomic E-state index is -4.05. The topological polar surface area (TPSA) is 158 Å². The largest absolute Gasteiger partial charge is 0.493 e.